The van der Waals surface area contributed by atoms with E-state index in [1.165, 1.54) is 5.56 Å². The highest BCUT2D eigenvalue weighted by Crippen LogP contribution is 2.13. The van der Waals surface area contributed by atoms with Gasteiger partial charge in [-0.05, 0) is 31.5 Å². The standard InChI is InChI=1S/C16H23N5O2/c1-11-6-5-7-14(8-11)22-12(2)9-18-16(17-4)19-10-15-20-13(3)23-21-15/h5-8,12H,9-10H2,1-4H3,(H2,17,18,19). The van der Waals surface area contributed by atoms with E-state index in [1.807, 2.05) is 38.1 Å². The number of aryl methyl sites for hydroxylation is 2. The van der Waals surface area contributed by atoms with E-state index in [1.54, 1.807) is 14.0 Å². The minimum absolute atomic E-state index is 0.00256. The van der Waals surface area contributed by atoms with Crippen molar-refractivity contribution in [3.05, 3.63) is 41.5 Å². The van der Waals surface area contributed by atoms with E-state index < -0.39 is 0 Å². The Labute approximate surface area is 136 Å². The van der Waals surface area contributed by atoms with Crippen LogP contribution in [0.3, 0.4) is 0 Å². The van der Waals surface area contributed by atoms with Gasteiger partial charge in [0.1, 0.15) is 11.9 Å². The lowest BCUT2D eigenvalue weighted by atomic mass is 10.2. The van der Waals surface area contributed by atoms with E-state index in [0.717, 1.165) is 5.75 Å². The Morgan fingerprint density at radius 3 is 2.83 bits per heavy atom. The Morgan fingerprint density at radius 1 is 1.35 bits per heavy atom. The zero-order valence-electron chi connectivity index (χ0n) is 14.0. The summed E-state index contributed by atoms with van der Waals surface area (Å²) in [6, 6.07) is 8.00. The van der Waals surface area contributed by atoms with Gasteiger partial charge in [0.15, 0.2) is 11.8 Å². The van der Waals surface area contributed by atoms with Crippen LogP contribution in [0.15, 0.2) is 33.8 Å². The number of aliphatic imine (C=N–C) groups is 1. The SMILES string of the molecule is CN=C(NCc1noc(C)n1)NCC(C)Oc1cccc(C)c1. The number of benzene rings is 1. The zero-order chi connectivity index (χ0) is 16.7. The molecular weight excluding hydrogens is 294 g/mol. The Morgan fingerprint density at radius 2 is 2.17 bits per heavy atom. The predicted molar refractivity (Wildman–Crippen MR) is 88.5 cm³/mol. The van der Waals surface area contributed by atoms with E-state index in [4.69, 9.17) is 9.26 Å². The summed E-state index contributed by atoms with van der Waals surface area (Å²) >= 11 is 0. The fraction of sp³-hybridized carbons (Fsp3) is 0.438. The molecule has 124 valence electrons. The van der Waals surface area contributed by atoms with Crippen molar-refractivity contribution in [3.8, 4) is 5.75 Å². The Hall–Kier alpha value is -2.57. The lowest BCUT2D eigenvalue weighted by molar-refractivity contribution is 0.223. The molecule has 0 aliphatic heterocycles. The first-order valence-electron chi connectivity index (χ1n) is 7.54. The second-order valence-electron chi connectivity index (χ2n) is 5.28. The lowest BCUT2D eigenvalue weighted by Crippen LogP contribution is -2.41. The molecule has 2 N–H and O–H groups in total. The van der Waals surface area contributed by atoms with E-state index in [-0.39, 0.29) is 6.10 Å². The van der Waals surface area contributed by atoms with Gasteiger partial charge >= 0.3 is 0 Å². The van der Waals surface area contributed by atoms with E-state index in [9.17, 15) is 0 Å². The van der Waals surface area contributed by atoms with Gasteiger partial charge in [-0.1, -0.05) is 17.3 Å². The monoisotopic (exact) mass is 317 g/mol. The third-order valence-electron chi connectivity index (χ3n) is 3.09. The van der Waals surface area contributed by atoms with Crippen LogP contribution in [0.4, 0.5) is 0 Å². The molecule has 0 fully saturated rings. The first-order valence-corrected chi connectivity index (χ1v) is 7.54. The van der Waals surface area contributed by atoms with Crippen LogP contribution in [0, 0.1) is 13.8 Å². The van der Waals surface area contributed by atoms with Crippen molar-refractivity contribution in [2.45, 2.75) is 33.4 Å². The molecule has 1 aromatic carbocycles. The second kappa shape index (κ2) is 8.17. The first kappa shape index (κ1) is 16.8. The minimum Gasteiger partial charge on any atom is -0.489 e. The van der Waals surface area contributed by atoms with Gasteiger partial charge in [-0.3, -0.25) is 4.99 Å². The zero-order valence-corrected chi connectivity index (χ0v) is 14.0. The van der Waals surface area contributed by atoms with Crippen molar-refractivity contribution in [2.24, 2.45) is 4.99 Å². The van der Waals surface area contributed by atoms with Crippen molar-refractivity contribution < 1.29 is 9.26 Å². The molecular formula is C16H23N5O2. The molecule has 0 aliphatic rings. The molecule has 0 saturated heterocycles. The average molecular weight is 317 g/mol. The maximum Gasteiger partial charge on any atom is 0.223 e. The highest BCUT2D eigenvalue weighted by molar-refractivity contribution is 5.79. The summed E-state index contributed by atoms with van der Waals surface area (Å²) in [6.07, 6.45) is 0.00256. The number of ether oxygens (including phenoxy) is 1. The number of rotatable bonds is 6. The van der Waals surface area contributed by atoms with Gasteiger partial charge in [0.2, 0.25) is 5.89 Å². The predicted octanol–water partition coefficient (Wildman–Crippen LogP) is 1.82. The molecule has 1 aromatic heterocycles. The van der Waals surface area contributed by atoms with Crippen molar-refractivity contribution in [1.29, 1.82) is 0 Å². The Kier molecular flexibility index (Phi) is 5.96. The number of aromatic nitrogens is 2. The number of guanidine groups is 1. The number of hydrogen-bond acceptors (Lipinski definition) is 5. The van der Waals surface area contributed by atoms with Crippen LogP contribution in [0.5, 0.6) is 5.75 Å². The van der Waals surface area contributed by atoms with Gasteiger partial charge in [-0.15, -0.1) is 0 Å². The summed E-state index contributed by atoms with van der Waals surface area (Å²) < 4.78 is 10.8. The molecule has 1 atom stereocenters. The van der Waals surface area contributed by atoms with E-state index in [2.05, 4.69) is 25.8 Å². The van der Waals surface area contributed by atoms with Gasteiger partial charge in [0.05, 0.1) is 13.1 Å². The van der Waals surface area contributed by atoms with Crippen LogP contribution in [-0.2, 0) is 6.54 Å². The largest absolute Gasteiger partial charge is 0.489 e. The molecule has 1 unspecified atom stereocenters. The Balaban J connectivity index is 1.76. The molecule has 1 heterocycles. The number of nitrogens with one attached hydrogen (secondary N) is 2. The molecule has 0 aliphatic carbocycles. The average Bonchev–Trinajstić information content (AvgIpc) is 2.93. The maximum atomic E-state index is 5.87. The van der Waals surface area contributed by atoms with Gasteiger partial charge in [-0.25, -0.2) is 0 Å². The molecule has 0 saturated carbocycles. The topological polar surface area (TPSA) is 84.6 Å². The van der Waals surface area contributed by atoms with Crippen LogP contribution in [0.1, 0.15) is 24.2 Å². The van der Waals surface area contributed by atoms with Crippen LogP contribution in [0.25, 0.3) is 0 Å². The third-order valence-corrected chi connectivity index (χ3v) is 3.09. The fourth-order valence-corrected chi connectivity index (χ4v) is 2.00. The van der Waals surface area contributed by atoms with Gasteiger partial charge < -0.3 is 19.9 Å². The highest BCUT2D eigenvalue weighted by atomic mass is 16.5. The number of hydrogen-bond donors (Lipinski definition) is 2. The molecule has 0 radical (unpaired) electrons. The lowest BCUT2D eigenvalue weighted by Gasteiger charge is -2.17. The number of nitrogens with zero attached hydrogens (tertiary/aromatic N) is 3. The minimum atomic E-state index is 0.00256. The smallest absolute Gasteiger partial charge is 0.223 e. The van der Waals surface area contributed by atoms with Gasteiger partial charge in [0.25, 0.3) is 0 Å². The summed E-state index contributed by atoms with van der Waals surface area (Å²) in [5.74, 6) is 2.66. The molecule has 0 bridgehead atoms. The van der Waals surface area contributed by atoms with Crippen molar-refractivity contribution >= 4 is 5.96 Å². The normalized spacial score (nSPS) is 12.8. The van der Waals surface area contributed by atoms with Crippen LogP contribution in [0.2, 0.25) is 0 Å². The van der Waals surface area contributed by atoms with Crippen LogP contribution in [-0.4, -0.2) is 35.8 Å². The van der Waals surface area contributed by atoms with Crippen LogP contribution >= 0.6 is 0 Å². The third kappa shape index (κ3) is 5.61. The molecule has 2 aromatic rings. The summed E-state index contributed by atoms with van der Waals surface area (Å²) in [6.45, 7) is 6.88. The quantitative estimate of drug-likeness (QED) is 0.624. The van der Waals surface area contributed by atoms with E-state index >= 15 is 0 Å². The van der Waals surface area contributed by atoms with Gasteiger partial charge in [-0.2, -0.15) is 4.98 Å². The molecule has 23 heavy (non-hydrogen) atoms. The molecule has 7 nitrogen and oxygen atoms in total. The maximum absolute atomic E-state index is 5.87. The first-order chi connectivity index (χ1) is 11.1. The summed E-state index contributed by atoms with van der Waals surface area (Å²) in [5.41, 5.74) is 1.18. The van der Waals surface area contributed by atoms with Crippen molar-refractivity contribution in [3.63, 3.8) is 0 Å². The summed E-state index contributed by atoms with van der Waals surface area (Å²) in [4.78, 5) is 8.28. The van der Waals surface area contributed by atoms with Crippen molar-refractivity contribution in [2.75, 3.05) is 13.6 Å². The fourth-order valence-electron chi connectivity index (χ4n) is 2.00. The molecule has 0 spiro atoms. The van der Waals surface area contributed by atoms with E-state index in [0.29, 0.717) is 30.8 Å². The van der Waals surface area contributed by atoms with Crippen LogP contribution < -0.4 is 15.4 Å². The molecule has 7 heteroatoms. The highest BCUT2D eigenvalue weighted by Gasteiger charge is 2.07. The Bertz CT molecular complexity index is 653. The molecule has 2 rings (SSSR count). The van der Waals surface area contributed by atoms with Gasteiger partial charge in [0, 0.05) is 14.0 Å². The second-order valence-corrected chi connectivity index (χ2v) is 5.28. The summed E-state index contributed by atoms with van der Waals surface area (Å²) in [7, 11) is 1.71. The summed E-state index contributed by atoms with van der Waals surface area (Å²) in [5, 5.41) is 10.2. The molecule has 0 amide bonds. The van der Waals surface area contributed by atoms with Crippen molar-refractivity contribution in [1.82, 2.24) is 20.8 Å².